The van der Waals surface area contributed by atoms with Crippen LogP contribution in [0.3, 0.4) is 0 Å². The number of ether oxygens (including phenoxy) is 1. The Morgan fingerprint density at radius 2 is 1.77 bits per heavy atom. The van der Waals surface area contributed by atoms with Crippen molar-refractivity contribution < 1.29 is 29.3 Å². The van der Waals surface area contributed by atoms with E-state index in [1.165, 1.54) is 16.2 Å². The highest BCUT2D eigenvalue weighted by Gasteiger charge is 2.45. The lowest BCUT2D eigenvalue weighted by Gasteiger charge is -2.35. The molecular formula is C28H40N4O6S. The molecule has 1 aliphatic rings. The van der Waals surface area contributed by atoms with E-state index >= 15 is 0 Å². The lowest BCUT2D eigenvalue weighted by Crippen LogP contribution is -2.58. The molecule has 1 aliphatic heterocycles. The molecular weight excluding hydrogens is 520 g/mol. The van der Waals surface area contributed by atoms with E-state index in [0.717, 1.165) is 16.0 Å². The molecule has 1 aromatic carbocycles. The number of aliphatic hydroxyl groups is 2. The van der Waals surface area contributed by atoms with Gasteiger partial charge in [0.05, 0.1) is 34.8 Å². The Bertz CT molecular complexity index is 1170. The summed E-state index contributed by atoms with van der Waals surface area (Å²) in [5.41, 5.74) is 2.67. The van der Waals surface area contributed by atoms with Crippen LogP contribution in [0.4, 0.5) is 4.79 Å². The van der Waals surface area contributed by atoms with Crippen molar-refractivity contribution in [2.75, 3.05) is 6.54 Å². The number of carbonyl (C=O) groups excluding carboxylic acids is 3. The number of nitrogens with zero attached hydrogens (tertiary/aromatic N) is 2. The van der Waals surface area contributed by atoms with Gasteiger partial charge in [0.25, 0.3) is 0 Å². The second-order valence-corrected chi connectivity index (χ2v) is 12.8. The molecule has 2 heterocycles. The lowest BCUT2D eigenvalue weighted by atomic mass is 9.85. The maximum Gasteiger partial charge on any atom is 0.408 e. The number of likely N-dealkylation sites (tertiary alicyclic amines) is 1. The van der Waals surface area contributed by atoms with Crippen molar-refractivity contribution in [1.29, 1.82) is 0 Å². The molecule has 10 nitrogen and oxygen atoms in total. The van der Waals surface area contributed by atoms with Gasteiger partial charge in [-0.15, -0.1) is 11.3 Å². The molecule has 0 bridgehead atoms. The van der Waals surface area contributed by atoms with E-state index in [2.05, 4.69) is 15.6 Å². The van der Waals surface area contributed by atoms with Crippen LogP contribution >= 0.6 is 11.3 Å². The average molecular weight is 561 g/mol. The van der Waals surface area contributed by atoms with Gasteiger partial charge in [0.15, 0.2) is 0 Å². The summed E-state index contributed by atoms with van der Waals surface area (Å²) < 4.78 is 5.35. The number of nitrogens with one attached hydrogen (secondary N) is 2. The van der Waals surface area contributed by atoms with E-state index in [9.17, 15) is 24.6 Å². The molecule has 1 fully saturated rings. The van der Waals surface area contributed by atoms with Crippen molar-refractivity contribution in [1.82, 2.24) is 20.5 Å². The van der Waals surface area contributed by atoms with Crippen molar-refractivity contribution in [2.24, 2.45) is 5.41 Å². The third-order valence-electron chi connectivity index (χ3n) is 6.46. The largest absolute Gasteiger partial charge is 0.444 e. The van der Waals surface area contributed by atoms with Crippen molar-refractivity contribution in [3.05, 3.63) is 41.0 Å². The van der Waals surface area contributed by atoms with Crippen LogP contribution in [-0.2, 0) is 20.9 Å². The second-order valence-electron chi connectivity index (χ2n) is 12.0. The van der Waals surface area contributed by atoms with E-state index in [1.54, 1.807) is 26.3 Å². The molecule has 4 N–H and O–H groups in total. The molecule has 0 saturated carbocycles. The minimum Gasteiger partial charge on any atom is -0.444 e. The number of carbonyl (C=O) groups is 3. The number of β-amino-alcohol motifs (C(OH)–C–C–N with tert-alkyl or cyclic N) is 1. The topological polar surface area (TPSA) is 141 Å². The van der Waals surface area contributed by atoms with E-state index in [-0.39, 0.29) is 31.5 Å². The third kappa shape index (κ3) is 7.77. The maximum atomic E-state index is 13.7. The summed E-state index contributed by atoms with van der Waals surface area (Å²) in [6.07, 6.45) is -1.48. The first-order valence-electron chi connectivity index (χ1n) is 13.0. The van der Waals surface area contributed by atoms with Crippen LogP contribution in [0.25, 0.3) is 10.4 Å². The number of aliphatic hydroxyl groups excluding tert-OH is 2. The van der Waals surface area contributed by atoms with Gasteiger partial charge in [-0.3, -0.25) is 9.59 Å². The van der Waals surface area contributed by atoms with E-state index in [0.29, 0.717) is 5.69 Å². The third-order valence-corrected chi connectivity index (χ3v) is 7.38. The van der Waals surface area contributed by atoms with E-state index in [4.69, 9.17) is 4.74 Å². The van der Waals surface area contributed by atoms with Crippen LogP contribution in [0, 0.1) is 5.41 Å². The van der Waals surface area contributed by atoms with E-state index in [1.807, 2.05) is 52.0 Å². The van der Waals surface area contributed by atoms with E-state index < -0.39 is 41.2 Å². The summed E-state index contributed by atoms with van der Waals surface area (Å²) in [5.74, 6) is -0.835. The molecule has 1 aromatic heterocycles. The number of amides is 3. The van der Waals surface area contributed by atoms with Crippen molar-refractivity contribution in [2.45, 2.75) is 91.3 Å². The summed E-state index contributed by atoms with van der Waals surface area (Å²) in [4.78, 5) is 45.9. The number of aromatic nitrogens is 1. The highest BCUT2D eigenvalue weighted by molar-refractivity contribution is 7.13. The van der Waals surface area contributed by atoms with Gasteiger partial charge in [0.1, 0.15) is 17.7 Å². The van der Waals surface area contributed by atoms with Crippen LogP contribution in [0.15, 0.2) is 29.8 Å². The number of alkyl carbamates (subject to hydrolysis) is 1. The molecule has 4 atom stereocenters. The smallest absolute Gasteiger partial charge is 0.408 e. The van der Waals surface area contributed by atoms with Gasteiger partial charge in [0, 0.05) is 13.0 Å². The Kier molecular flexibility index (Phi) is 9.40. The number of rotatable bonds is 7. The molecule has 0 aliphatic carbocycles. The SMILES string of the molecule is C[C@H](NC(=O)[C@@H]1C[C@@H](O)CN1C(=O)[C@@H](NC(=O)OC(C)(C)C)C(C)(C)C)c1ccc(-c2scnc2CO)cc1. The predicted molar refractivity (Wildman–Crippen MR) is 149 cm³/mol. The van der Waals surface area contributed by atoms with Crippen molar-refractivity contribution in [3.8, 4) is 10.4 Å². The van der Waals surface area contributed by atoms with Crippen LogP contribution < -0.4 is 10.6 Å². The highest BCUT2D eigenvalue weighted by Crippen LogP contribution is 2.30. The fraction of sp³-hybridized carbons (Fsp3) is 0.571. The average Bonchev–Trinajstić information content (AvgIpc) is 3.47. The Morgan fingerprint density at radius 1 is 1.13 bits per heavy atom. The number of benzene rings is 1. The van der Waals surface area contributed by atoms with Crippen LogP contribution in [-0.4, -0.2) is 68.3 Å². The summed E-state index contributed by atoms with van der Waals surface area (Å²) in [5, 5.41) is 25.5. The van der Waals surface area contributed by atoms with Crippen molar-refractivity contribution >= 4 is 29.2 Å². The molecule has 3 amide bonds. The molecule has 3 rings (SSSR count). The predicted octanol–water partition coefficient (Wildman–Crippen LogP) is 3.38. The lowest BCUT2D eigenvalue weighted by molar-refractivity contribution is -0.142. The zero-order valence-corrected chi connectivity index (χ0v) is 24.5. The Labute approximate surface area is 233 Å². The molecule has 2 aromatic rings. The zero-order chi connectivity index (χ0) is 29.1. The molecule has 214 valence electrons. The van der Waals surface area contributed by atoms with Crippen LogP contribution in [0.5, 0.6) is 0 Å². The fourth-order valence-electron chi connectivity index (χ4n) is 4.48. The summed E-state index contributed by atoms with van der Waals surface area (Å²) in [6, 6.07) is 5.41. The van der Waals surface area contributed by atoms with Gasteiger partial charge in [-0.1, -0.05) is 45.0 Å². The first-order chi connectivity index (χ1) is 18.1. The number of hydrogen-bond donors (Lipinski definition) is 4. The Morgan fingerprint density at radius 3 is 2.33 bits per heavy atom. The first kappa shape index (κ1) is 30.5. The Balaban J connectivity index is 1.72. The minimum atomic E-state index is -0.964. The van der Waals surface area contributed by atoms with Gasteiger partial charge in [-0.05, 0) is 44.2 Å². The summed E-state index contributed by atoms with van der Waals surface area (Å²) in [6.45, 7) is 12.3. The van der Waals surface area contributed by atoms with Gasteiger partial charge in [0.2, 0.25) is 11.8 Å². The molecule has 11 heteroatoms. The van der Waals surface area contributed by atoms with Gasteiger partial charge in [-0.2, -0.15) is 0 Å². The van der Waals surface area contributed by atoms with Gasteiger partial charge in [-0.25, -0.2) is 9.78 Å². The molecule has 0 unspecified atom stereocenters. The fourth-order valence-corrected chi connectivity index (χ4v) is 5.29. The molecule has 39 heavy (non-hydrogen) atoms. The first-order valence-corrected chi connectivity index (χ1v) is 13.9. The monoisotopic (exact) mass is 560 g/mol. The molecule has 0 radical (unpaired) electrons. The molecule has 0 spiro atoms. The zero-order valence-electron chi connectivity index (χ0n) is 23.6. The number of thiazole rings is 1. The summed E-state index contributed by atoms with van der Waals surface area (Å²) in [7, 11) is 0. The van der Waals surface area contributed by atoms with Crippen LogP contribution in [0.1, 0.15) is 72.2 Å². The normalized spacial score (nSPS) is 19.4. The highest BCUT2D eigenvalue weighted by atomic mass is 32.1. The van der Waals surface area contributed by atoms with Crippen molar-refractivity contribution in [3.63, 3.8) is 0 Å². The van der Waals surface area contributed by atoms with Gasteiger partial charge < -0.3 is 30.5 Å². The summed E-state index contributed by atoms with van der Waals surface area (Å²) >= 11 is 1.45. The second kappa shape index (κ2) is 12.0. The Hall–Kier alpha value is -3.02. The minimum absolute atomic E-state index is 0.00931. The maximum absolute atomic E-state index is 13.7. The molecule has 1 saturated heterocycles. The quantitative estimate of drug-likeness (QED) is 0.407. The van der Waals surface area contributed by atoms with Gasteiger partial charge >= 0.3 is 6.09 Å². The van der Waals surface area contributed by atoms with Crippen LogP contribution in [0.2, 0.25) is 0 Å². The standard InChI is InChI=1S/C28H40N4O6S/c1-16(17-8-10-18(11-9-17)22-20(14-33)29-15-39-22)30-24(35)21-12-19(34)13-32(21)25(36)23(27(2,3)4)31-26(37)38-28(5,6)7/h8-11,15-16,19,21,23,33-34H,12-14H2,1-7H3,(H,30,35)(H,31,37)/t16-,19+,21-,23+/m0/s1. The number of hydrogen-bond acceptors (Lipinski definition) is 8.